The number of aromatic nitrogens is 2. The summed E-state index contributed by atoms with van der Waals surface area (Å²) in [5, 5.41) is 12.5. The monoisotopic (exact) mass is 311 g/mol. The molecule has 0 aliphatic heterocycles. The van der Waals surface area contributed by atoms with Crippen molar-refractivity contribution in [1.29, 1.82) is 0 Å². The van der Waals surface area contributed by atoms with Gasteiger partial charge < -0.3 is 16.7 Å². The first kappa shape index (κ1) is 15.3. The standard InChI is InChI=1S/C17H21N5O/c1-17(15(18)22-23,13-3-2-4-13)14-7-5-11(6-8-14)12-9-20-16(19)21-10-12/h5-10,13,23H,2-4H2,1H3,(H2,18,22)(H2,19,20,21). The van der Waals surface area contributed by atoms with E-state index in [4.69, 9.17) is 11.5 Å². The summed E-state index contributed by atoms with van der Waals surface area (Å²) in [7, 11) is 0. The number of nitrogen functional groups attached to an aromatic ring is 1. The van der Waals surface area contributed by atoms with Crippen molar-refractivity contribution >= 4 is 11.8 Å². The molecule has 23 heavy (non-hydrogen) atoms. The number of benzene rings is 1. The van der Waals surface area contributed by atoms with Crippen LogP contribution in [0, 0.1) is 5.92 Å². The van der Waals surface area contributed by atoms with Crippen LogP contribution in [-0.2, 0) is 5.41 Å². The zero-order valence-electron chi connectivity index (χ0n) is 13.1. The minimum Gasteiger partial charge on any atom is -0.409 e. The molecule has 1 aliphatic carbocycles. The summed E-state index contributed by atoms with van der Waals surface area (Å²) in [5.41, 5.74) is 14.1. The topological polar surface area (TPSA) is 110 Å². The minimum atomic E-state index is -0.441. The number of hydrogen-bond acceptors (Lipinski definition) is 5. The molecule has 1 aromatic heterocycles. The number of amidine groups is 1. The van der Waals surface area contributed by atoms with Crippen molar-refractivity contribution in [2.75, 3.05) is 5.73 Å². The van der Waals surface area contributed by atoms with Crippen LogP contribution < -0.4 is 11.5 Å². The van der Waals surface area contributed by atoms with Gasteiger partial charge in [-0.3, -0.25) is 0 Å². The van der Waals surface area contributed by atoms with E-state index in [1.54, 1.807) is 12.4 Å². The van der Waals surface area contributed by atoms with Crippen molar-refractivity contribution in [1.82, 2.24) is 9.97 Å². The van der Waals surface area contributed by atoms with Gasteiger partial charge in [-0.25, -0.2) is 9.97 Å². The molecule has 1 unspecified atom stereocenters. The third-order valence-corrected chi connectivity index (χ3v) is 5.05. The molecule has 120 valence electrons. The Bertz CT molecular complexity index is 707. The minimum absolute atomic E-state index is 0.259. The van der Waals surface area contributed by atoms with Crippen LogP contribution in [0.2, 0.25) is 0 Å². The first-order chi connectivity index (χ1) is 11.1. The SMILES string of the molecule is CC(/C(N)=N/O)(c1ccc(-c2cnc(N)nc2)cc1)C1CCC1. The fraction of sp³-hybridized carbons (Fsp3) is 0.353. The lowest BCUT2D eigenvalue weighted by Crippen LogP contribution is -2.47. The van der Waals surface area contributed by atoms with E-state index in [0.29, 0.717) is 5.92 Å². The van der Waals surface area contributed by atoms with Gasteiger partial charge in [0, 0.05) is 18.0 Å². The summed E-state index contributed by atoms with van der Waals surface area (Å²) >= 11 is 0. The van der Waals surface area contributed by atoms with Gasteiger partial charge in [0.15, 0.2) is 0 Å². The van der Waals surface area contributed by atoms with Crippen LogP contribution in [0.15, 0.2) is 41.8 Å². The predicted octanol–water partition coefficient (Wildman–Crippen LogP) is 2.53. The molecule has 1 saturated carbocycles. The van der Waals surface area contributed by atoms with E-state index in [-0.39, 0.29) is 11.8 Å². The Labute approximate surface area is 135 Å². The number of anilines is 1. The summed E-state index contributed by atoms with van der Waals surface area (Å²) < 4.78 is 0. The van der Waals surface area contributed by atoms with Gasteiger partial charge in [-0.2, -0.15) is 0 Å². The fourth-order valence-electron chi connectivity index (χ4n) is 3.18. The average Bonchev–Trinajstić information content (AvgIpc) is 2.53. The van der Waals surface area contributed by atoms with Crippen LogP contribution in [0.1, 0.15) is 31.7 Å². The molecule has 6 heteroatoms. The van der Waals surface area contributed by atoms with Gasteiger partial charge in [0.1, 0.15) is 5.84 Å². The van der Waals surface area contributed by atoms with E-state index in [1.807, 2.05) is 31.2 Å². The molecule has 3 rings (SSSR count). The summed E-state index contributed by atoms with van der Waals surface area (Å²) in [4.78, 5) is 8.03. The Kier molecular flexibility index (Phi) is 3.90. The highest BCUT2D eigenvalue weighted by molar-refractivity contribution is 5.91. The average molecular weight is 311 g/mol. The first-order valence-corrected chi connectivity index (χ1v) is 7.72. The molecule has 5 N–H and O–H groups in total. The molecule has 0 radical (unpaired) electrons. The van der Waals surface area contributed by atoms with Crippen LogP contribution in [-0.4, -0.2) is 21.0 Å². The van der Waals surface area contributed by atoms with Crippen LogP contribution in [0.25, 0.3) is 11.1 Å². The maximum absolute atomic E-state index is 9.19. The van der Waals surface area contributed by atoms with Crippen LogP contribution >= 0.6 is 0 Å². The zero-order chi connectivity index (χ0) is 16.4. The summed E-state index contributed by atoms with van der Waals surface area (Å²) in [6.45, 7) is 2.05. The lowest BCUT2D eigenvalue weighted by molar-refractivity contribution is 0.222. The van der Waals surface area contributed by atoms with Gasteiger partial charge in [-0.15, -0.1) is 0 Å². The second-order valence-corrected chi connectivity index (χ2v) is 6.22. The third-order valence-electron chi connectivity index (χ3n) is 5.05. The highest BCUT2D eigenvalue weighted by Crippen LogP contribution is 2.44. The third kappa shape index (κ3) is 2.60. The van der Waals surface area contributed by atoms with E-state index < -0.39 is 5.41 Å². The maximum atomic E-state index is 9.19. The number of nitrogens with zero attached hydrogens (tertiary/aromatic N) is 3. The highest BCUT2D eigenvalue weighted by atomic mass is 16.4. The molecule has 1 fully saturated rings. The zero-order valence-corrected chi connectivity index (χ0v) is 13.1. The van der Waals surface area contributed by atoms with Gasteiger partial charge in [-0.05, 0) is 36.8 Å². The second kappa shape index (κ2) is 5.87. The Balaban J connectivity index is 1.95. The molecule has 6 nitrogen and oxygen atoms in total. The molecule has 2 aromatic rings. The molecule has 0 amide bonds. The number of oxime groups is 1. The van der Waals surface area contributed by atoms with Gasteiger partial charge >= 0.3 is 0 Å². The highest BCUT2D eigenvalue weighted by Gasteiger charge is 2.43. The normalized spacial score (nSPS) is 18.2. The Morgan fingerprint density at radius 3 is 2.26 bits per heavy atom. The van der Waals surface area contributed by atoms with Crippen LogP contribution in [0.4, 0.5) is 5.95 Å². The Morgan fingerprint density at radius 2 is 1.78 bits per heavy atom. The largest absolute Gasteiger partial charge is 0.409 e. The number of hydrogen-bond donors (Lipinski definition) is 3. The van der Waals surface area contributed by atoms with Crippen molar-refractivity contribution in [3.8, 4) is 11.1 Å². The first-order valence-electron chi connectivity index (χ1n) is 7.72. The molecule has 0 spiro atoms. The van der Waals surface area contributed by atoms with Crippen molar-refractivity contribution in [3.05, 3.63) is 42.2 Å². The molecule has 1 heterocycles. The molecule has 0 saturated heterocycles. The lowest BCUT2D eigenvalue weighted by atomic mass is 9.62. The molecule has 1 aliphatic rings. The van der Waals surface area contributed by atoms with E-state index in [1.165, 1.54) is 6.42 Å². The summed E-state index contributed by atoms with van der Waals surface area (Å²) in [5.74, 6) is 0.935. The number of nitrogens with two attached hydrogens (primary N) is 2. The van der Waals surface area contributed by atoms with E-state index in [0.717, 1.165) is 29.5 Å². The Morgan fingerprint density at radius 1 is 1.17 bits per heavy atom. The van der Waals surface area contributed by atoms with Crippen molar-refractivity contribution in [2.45, 2.75) is 31.6 Å². The second-order valence-electron chi connectivity index (χ2n) is 6.22. The van der Waals surface area contributed by atoms with Crippen molar-refractivity contribution in [3.63, 3.8) is 0 Å². The molecule has 1 atom stereocenters. The summed E-state index contributed by atoms with van der Waals surface area (Å²) in [6.07, 6.45) is 6.79. The van der Waals surface area contributed by atoms with Crippen molar-refractivity contribution in [2.24, 2.45) is 16.8 Å². The molecular formula is C17H21N5O. The molecule has 0 bridgehead atoms. The van der Waals surface area contributed by atoms with E-state index >= 15 is 0 Å². The Hall–Kier alpha value is -2.63. The van der Waals surface area contributed by atoms with Gasteiger partial charge in [-0.1, -0.05) is 35.8 Å². The van der Waals surface area contributed by atoms with Gasteiger partial charge in [0.2, 0.25) is 5.95 Å². The molecular weight excluding hydrogens is 290 g/mol. The number of rotatable bonds is 4. The quantitative estimate of drug-likeness (QED) is 0.348. The van der Waals surface area contributed by atoms with Crippen LogP contribution in [0.3, 0.4) is 0 Å². The summed E-state index contributed by atoms with van der Waals surface area (Å²) in [6, 6.07) is 8.07. The van der Waals surface area contributed by atoms with Gasteiger partial charge in [0.05, 0.1) is 5.41 Å². The maximum Gasteiger partial charge on any atom is 0.219 e. The van der Waals surface area contributed by atoms with E-state index in [9.17, 15) is 5.21 Å². The van der Waals surface area contributed by atoms with E-state index in [2.05, 4.69) is 15.1 Å². The lowest BCUT2D eigenvalue weighted by Gasteiger charge is -2.42. The predicted molar refractivity (Wildman–Crippen MR) is 90.0 cm³/mol. The smallest absolute Gasteiger partial charge is 0.219 e. The fourth-order valence-corrected chi connectivity index (χ4v) is 3.18. The van der Waals surface area contributed by atoms with Gasteiger partial charge in [0.25, 0.3) is 0 Å². The molecule has 1 aromatic carbocycles. The van der Waals surface area contributed by atoms with Crippen molar-refractivity contribution < 1.29 is 5.21 Å². The van der Waals surface area contributed by atoms with Crippen LogP contribution in [0.5, 0.6) is 0 Å².